The van der Waals surface area contributed by atoms with Gasteiger partial charge in [0.2, 0.25) is 5.09 Å². The third kappa shape index (κ3) is 3.65. The average molecular weight is 308 g/mol. The Labute approximate surface area is 125 Å². The van der Waals surface area contributed by atoms with Gasteiger partial charge in [-0.2, -0.15) is 8.42 Å². The van der Waals surface area contributed by atoms with Crippen molar-refractivity contribution >= 4 is 15.7 Å². The summed E-state index contributed by atoms with van der Waals surface area (Å²) in [5.74, 6) is 0.429. The highest BCUT2D eigenvalue weighted by Gasteiger charge is 2.19. The fraction of sp³-hybridized carbons (Fsp3) is 0.333. The van der Waals surface area contributed by atoms with Gasteiger partial charge in [0.05, 0.1) is 6.54 Å². The second-order valence-corrected chi connectivity index (χ2v) is 7.47. The highest BCUT2D eigenvalue weighted by atomic mass is 32.2. The number of hydrogen-bond acceptors (Lipinski definition) is 4. The molecule has 114 valence electrons. The third-order valence-corrected chi connectivity index (χ3v) is 4.36. The second kappa shape index (κ2) is 5.54. The van der Waals surface area contributed by atoms with Crippen molar-refractivity contribution in [3.63, 3.8) is 0 Å². The van der Waals surface area contributed by atoms with Gasteiger partial charge in [0, 0.05) is 5.69 Å². The smallest absolute Gasteiger partial charge is 0.295 e. The van der Waals surface area contributed by atoms with Crippen LogP contribution in [0.3, 0.4) is 0 Å². The molecule has 0 fully saturated rings. The number of furan rings is 1. The van der Waals surface area contributed by atoms with Crippen LogP contribution in [0.5, 0.6) is 0 Å². The first-order valence-corrected chi connectivity index (χ1v) is 8.13. The van der Waals surface area contributed by atoms with Crippen molar-refractivity contribution in [2.75, 3.05) is 4.72 Å². The Morgan fingerprint density at radius 2 is 1.71 bits per heavy atom. The molecule has 2 aromatic rings. The summed E-state index contributed by atoms with van der Waals surface area (Å²) in [6.07, 6.45) is 0. The van der Waals surface area contributed by atoms with E-state index in [9.17, 15) is 8.42 Å². The molecule has 0 bridgehead atoms. The Hall–Kier alpha value is -1.79. The Morgan fingerprint density at radius 1 is 1.10 bits per heavy atom. The largest absolute Gasteiger partial charge is 0.446 e. The molecule has 0 saturated carbocycles. The van der Waals surface area contributed by atoms with Crippen molar-refractivity contribution in [1.29, 1.82) is 0 Å². The summed E-state index contributed by atoms with van der Waals surface area (Å²) in [7, 11) is -3.72. The molecular formula is C15H20N2O3S. The van der Waals surface area contributed by atoms with Crippen molar-refractivity contribution in [2.24, 2.45) is 5.73 Å². The van der Waals surface area contributed by atoms with Gasteiger partial charge in [0.1, 0.15) is 5.76 Å². The van der Waals surface area contributed by atoms with E-state index in [2.05, 4.69) is 25.5 Å². The molecule has 1 aromatic carbocycles. The predicted molar refractivity (Wildman–Crippen MR) is 82.5 cm³/mol. The number of nitrogens with one attached hydrogen (secondary N) is 1. The number of hydrogen-bond donors (Lipinski definition) is 2. The SMILES string of the molecule is CC(C)(C)c1ccc(NS(=O)(=O)c2ccc(CN)o2)cc1. The van der Waals surface area contributed by atoms with Gasteiger partial charge in [-0.05, 0) is 35.2 Å². The standard InChI is InChI=1S/C15H20N2O3S/c1-15(2,3)11-4-6-12(7-5-11)17-21(18,19)14-9-8-13(10-16)20-14/h4-9,17H,10,16H2,1-3H3. The second-order valence-electron chi connectivity index (χ2n) is 5.86. The molecule has 1 aromatic heterocycles. The Bertz CT molecular complexity index is 710. The van der Waals surface area contributed by atoms with Crippen molar-refractivity contribution in [3.8, 4) is 0 Å². The van der Waals surface area contributed by atoms with Crippen LogP contribution >= 0.6 is 0 Å². The van der Waals surface area contributed by atoms with E-state index in [1.54, 1.807) is 18.2 Å². The zero-order valence-corrected chi connectivity index (χ0v) is 13.2. The predicted octanol–water partition coefficient (Wildman–Crippen LogP) is 2.84. The first-order chi connectivity index (χ1) is 9.72. The zero-order valence-electron chi connectivity index (χ0n) is 12.4. The monoisotopic (exact) mass is 308 g/mol. The molecule has 0 unspecified atom stereocenters. The van der Waals surface area contributed by atoms with Crippen LogP contribution in [0.15, 0.2) is 45.9 Å². The molecular weight excluding hydrogens is 288 g/mol. The Balaban J connectivity index is 2.21. The van der Waals surface area contributed by atoms with Crippen LogP contribution in [-0.2, 0) is 22.0 Å². The van der Waals surface area contributed by atoms with E-state index in [1.807, 2.05) is 12.1 Å². The molecule has 2 rings (SSSR count). The van der Waals surface area contributed by atoms with Gasteiger partial charge in [-0.15, -0.1) is 0 Å². The lowest BCUT2D eigenvalue weighted by Crippen LogP contribution is -2.13. The van der Waals surface area contributed by atoms with E-state index in [0.29, 0.717) is 11.4 Å². The molecule has 0 aliphatic rings. The van der Waals surface area contributed by atoms with Gasteiger partial charge in [0.25, 0.3) is 10.0 Å². The lowest BCUT2D eigenvalue weighted by Gasteiger charge is -2.19. The summed E-state index contributed by atoms with van der Waals surface area (Å²) in [6, 6.07) is 10.2. The summed E-state index contributed by atoms with van der Waals surface area (Å²) in [6.45, 7) is 6.46. The minimum atomic E-state index is -3.72. The fourth-order valence-electron chi connectivity index (χ4n) is 1.86. The van der Waals surface area contributed by atoms with E-state index in [1.165, 1.54) is 6.07 Å². The van der Waals surface area contributed by atoms with Gasteiger partial charge in [0.15, 0.2) is 0 Å². The van der Waals surface area contributed by atoms with Crippen LogP contribution < -0.4 is 10.5 Å². The molecule has 0 amide bonds. The molecule has 1 heterocycles. The molecule has 0 aliphatic heterocycles. The summed E-state index contributed by atoms with van der Waals surface area (Å²) in [4.78, 5) is 0. The van der Waals surface area contributed by atoms with Crippen LogP contribution in [0.25, 0.3) is 0 Å². The topological polar surface area (TPSA) is 85.3 Å². The number of benzene rings is 1. The van der Waals surface area contributed by atoms with Gasteiger partial charge in [-0.3, -0.25) is 4.72 Å². The highest BCUT2D eigenvalue weighted by molar-refractivity contribution is 7.92. The number of sulfonamides is 1. The molecule has 21 heavy (non-hydrogen) atoms. The first-order valence-electron chi connectivity index (χ1n) is 6.64. The summed E-state index contributed by atoms with van der Waals surface area (Å²) in [5.41, 5.74) is 7.06. The molecule has 0 aliphatic carbocycles. The summed E-state index contributed by atoms with van der Waals surface area (Å²) >= 11 is 0. The lowest BCUT2D eigenvalue weighted by atomic mass is 9.87. The summed E-state index contributed by atoms with van der Waals surface area (Å²) < 4.78 is 32.0. The molecule has 5 nitrogen and oxygen atoms in total. The minimum Gasteiger partial charge on any atom is -0.446 e. The van der Waals surface area contributed by atoms with E-state index in [-0.39, 0.29) is 17.1 Å². The van der Waals surface area contributed by atoms with Crippen LogP contribution in [-0.4, -0.2) is 8.42 Å². The van der Waals surface area contributed by atoms with Crippen molar-refractivity contribution in [1.82, 2.24) is 0 Å². The van der Waals surface area contributed by atoms with Gasteiger partial charge in [-0.1, -0.05) is 32.9 Å². The molecule has 6 heteroatoms. The zero-order chi connectivity index (χ0) is 15.7. The molecule has 0 spiro atoms. The normalized spacial score (nSPS) is 12.4. The van der Waals surface area contributed by atoms with Crippen LogP contribution in [0, 0.1) is 0 Å². The third-order valence-electron chi connectivity index (χ3n) is 3.11. The van der Waals surface area contributed by atoms with Crippen molar-refractivity contribution in [2.45, 2.75) is 37.8 Å². The van der Waals surface area contributed by atoms with Gasteiger partial charge < -0.3 is 10.2 Å². The number of nitrogens with two attached hydrogens (primary N) is 1. The van der Waals surface area contributed by atoms with E-state index in [0.717, 1.165) is 5.56 Å². The first kappa shape index (κ1) is 15.6. The maximum atomic E-state index is 12.2. The van der Waals surface area contributed by atoms with Crippen LogP contribution in [0.2, 0.25) is 0 Å². The Kier molecular flexibility index (Phi) is 4.11. The molecule has 0 saturated heterocycles. The van der Waals surface area contributed by atoms with Crippen LogP contribution in [0.1, 0.15) is 32.1 Å². The maximum Gasteiger partial charge on any atom is 0.295 e. The quantitative estimate of drug-likeness (QED) is 0.909. The number of rotatable bonds is 4. The lowest BCUT2D eigenvalue weighted by molar-refractivity contribution is 0.417. The highest BCUT2D eigenvalue weighted by Crippen LogP contribution is 2.24. The Morgan fingerprint density at radius 3 is 2.19 bits per heavy atom. The average Bonchev–Trinajstić information content (AvgIpc) is 2.87. The van der Waals surface area contributed by atoms with Crippen molar-refractivity contribution < 1.29 is 12.8 Å². The van der Waals surface area contributed by atoms with Crippen molar-refractivity contribution in [3.05, 3.63) is 47.7 Å². The van der Waals surface area contributed by atoms with Crippen LogP contribution in [0.4, 0.5) is 5.69 Å². The molecule has 0 radical (unpaired) electrons. The molecule has 3 N–H and O–H groups in total. The van der Waals surface area contributed by atoms with Gasteiger partial charge >= 0.3 is 0 Å². The number of anilines is 1. The van der Waals surface area contributed by atoms with Gasteiger partial charge in [-0.25, -0.2) is 0 Å². The fourth-order valence-corrected chi connectivity index (χ4v) is 2.87. The van der Waals surface area contributed by atoms with E-state index < -0.39 is 10.0 Å². The van der Waals surface area contributed by atoms with E-state index >= 15 is 0 Å². The minimum absolute atomic E-state index is 0.0223. The van der Waals surface area contributed by atoms with E-state index in [4.69, 9.17) is 10.2 Å². The maximum absolute atomic E-state index is 12.2. The summed E-state index contributed by atoms with van der Waals surface area (Å²) in [5, 5.41) is -0.136. The molecule has 0 atom stereocenters.